The molecule has 0 atom stereocenters. The van der Waals surface area contributed by atoms with Gasteiger partial charge < -0.3 is 9.64 Å². The van der Waals surface area contributed by atoms with Gasteiger partial charge in [-0.05, 0) is 71.3 Å². The van der Waals surface area contributed by atoms with Crippen molar-refractivity contribution < 1.29 is 17.9 Å². The van der Waals surface area contributed by atoms with Gasteiger partial charge >= 0.3 is 0 Å². The smallest absolute Gasteiger partial charge is 0.208 e. The Bertz CT molecular complexity index is 2600. The highest BCUT2D eigenvalue weighted by Crippen LogP contribution is 2.63. The molecule has 50 heavy (non-hydrogen) atoms. The Morgan fingerprint density at radius 3 is 1.58 bits per heavy atom. The van der Waals surface area contributed by atoms with Gasteiger partial charge in [0.15, 0.2) is 5.78 Å². The molecule has 5 nitrogen and oxygen atoms in total. The summed E-state index contributed by atoms with van der Waals surface area (Å²) in [5, 5.41) is 0. The Kier molecular flexibility index (Phi) is 5.97. The monoisotopic (exact) mass is 665 g/mol. The number of fused-ring (bicyclic) bond motifs is 10. The van der Waals surface area contributed by atoms with Gasteiger partial charge in [0, 0.05) is 27.8 Å². The van der Waals surface area contributed by atoms with E-state index in [0.717, 1.165) is 61.9 Å². The first kappa shape index (κ1) is 28.7. The van der Waals surface area contributed by atoms with Crippen LogP contribution in [0.3, 0.4) is 0 Å². The van der Waals surface area contributed by atoms with Crippen LogP contribution in [0, 0.1) is 0 Å². The molecule has 7 aromatic rings. The largest absolute Gasteiger partial charge is 0.457 e. The molecule has 3 aliphatic heterocycles. The van der Waals surface area contributed by atoms with Crippen LogP contribution in [0.15, 0.2) is 174 Å². The van der Waals surface area contributed by atoms with Crippen LogP contribution >= 0.6 is 0 Å². The van der Waals surface area contributed by atoms with E-state index in [2.05, 4.69) is 83.8 Å². The summed E-state index contributed by atoms with van der Waals surface area (Å²) in [5.74, 6) is 1.34. The van der Waals surface area contributed by atoms with Crippen molar-refractivity contribution in [2.24, 2.45) is 0 Å². The first-order valence-corrected chi connectivity index (χ1v) is 18.0. The Morgan fingerprint density at radius 2 is 0.940 bits per heavy atom. The van der Waals surface area contributed by atoms with Crippen LogP contribution in [0.5, 0.6) is 11.5 Å². The summed E-state index contributed by atoms with van der Waals surface area (Å²) in [6.45, 7) is 0. The lowest BCUT2D eigenvalue weighted by Gasteiger charge is -2.48. The van der Waals surface area contributed by atoms with E-state index < -0.39 is 15.3 Å². The minimum absolute atomic E-state index is 0.0369. The maximum Gasteiger partial charge on any atom is 0.208 e. The number of hydrogen-bond acceptors (Lipinski definition) is 5. The highest BCUT2D eigenvalue weighted by Gasteiger charge is 2.51. The molecule has 6 heteroatoms. The SMILES string of the molecule is O=C1c2ccccc2S(=O)(=O)c2ccc(-c3ccccc3N3c4ccccc4C4(c5ccccc5Oc5ccccc54)c4ccccc43)cc21. The molecule has 238 valence electrons. The lowest BCUT2D eigenvalue weighted by Crippen LogP contribution is -2.39. The lowest BCUT2D eigenvalue weighted by molar-refractivity contribution is 0.103. The van der Waals surface area contributed by atoms with Gasteiger partial charge in [-0.25, -0.2) is 8.42 Å². The van der Waals surface area contributed by atoms with Gasteiger partial charge in [-0.2, -0.15) is 0 Å². The molecule has 0 aliphatic carbocycles. The summed E-state index contributed by atoms with van der Waals surface area (Å²) in [6.07, 6.45) is 0. The molecule has 0 aromatic heterocycles. The van der Waals surface area contributed by atoms with Crippen molar-refractivity contribution in [1.29, 1.82) is 0 Å². The zero-order valence-corrected chi connectivity index (χ0v) is 27.4. The van der Waals surface area contributed by atoms with Crippen molar-refractivity contribution in [3.05, 3.63) is 197 Å². The first-order chi connectivity index (χ1) is 24.5. The third-order valence-corrected chi connectivity index (χ3v) is 12.2. The number of para-hydroxylation sites is 5. The minimum atomic E-state index is -3.85. The van der Waals surface area contributed by atoms with Crippen molar-refractivity contribution >= 4 is 32.7 Å². The molecule has 0 saturated carbocycles. The Labute approximate surface area is 289 Å². The van der Waals surface area contributed by atoms with Gasteiger partial charge in [0.2, 0.25) is 9.84 Å². The van der Waals surface area contributed by atoms with E-state index in [0.29, 0.717) is 0 Å². The summed E-state index contributed by atoms with van der Waals surface area (Å²) >= 11 is 0. The summed E-state index contributed by atoms with van der Waals surface area (Å²) < 4.78 is 33.8. The molecule has 0 amide bonds. The number of ether oxygens (including phenoxy) is 1. The van der Waals surface area contributed by atoms with Crippen molar-refractivity contribution in [1.82, 2.24) is 0 Å². The molecule has 0 fully saturated rings. The molecule has 3 aliphatic rings. The normalized spacial score (nSPS) is 15.4. The average Bonchev–Trinajstić information content (AvgIpc) is 3.17. The van der Waals surface area contributed by atoms with Crippen LogP contribution in [-0.4, -0.2) is 14.2 Å². The van der Waals surface area contributed by atoms with E-state index in [4.69, 9.17) is 4.74 Å². The molecule has 3 heterocycles. The predicted molar refractivity (Wildman–Crippen MR) is 194 cm³/mol. The standard InChI is InChI=1S/C44H27NO4S/c46-43-30-14-2-12-24-41(30)50(47,48)42-26-25-28(27-31(42)43)29-13-1-7-19-36(29)45-37-20-8-3-15-32(37)44(33-16-4-9-21-38(33)45)34-17-5-10-22-39(34)49-40-23-11-6-18-35(40)44/h1-27H. The van der Waals surface area contributed by atoms with Crippen molar-refractivity contribution in [3.63, 3.8) is 0 Å². The van der Waals surface area contributed by atoms with E-state index >= 15 is 0 Å². The zero-order chi connectivity index (χ0) is 33.6. The van der Waals surface area contributed by atoms with E-state index in [1.165, 1.54) is 6.07 Å². The Morgan fingerprint density at radius 1 is 0.460 bits per heavy atom. The molecule has 1 spiro atoms. The number of hydrogen-bond donors (Lipinski definition) is 0. The summed E-state index contributed by atoms with van der Waals surface area (Å²) in [7, 11) is -3.85. The Balaban J connectivity index is 1.23. The molecule has 0 radical (unpaired) electrons. The average molecular weight is 666 g/mol. The topological polar surface area (TPSA) is 63.7 Å². The van der Waals surface area contributed by atoms with E-state index in [1.807, 2.05) is 48.5 Å². The van der Waals surface area contributed by atoms with E-state index in [1.54, 1.807) is 30.3 Å². The number of ketones is 1. The second-order valence-electron chi connectivity index (χ2n) is 12.8. The van der Waals surface area contributed by atoms with Crippen molar-refractivity contribution in [2.45, 2.75) is 15.2 Å². The molecule has 0 saturated heterocycles. The highest BCUT2D eigenvalue weighted by molar-refractivity contribution is 7.91. The number of carbonyl (C=O) groups is 1. The van der Waals surface area contributed by atoms with Crippen molar-refractivity contribution in [2.75, 3.05) is 4.90 Å². The molecular weight excluding hydrogens is 639 g/mol. The fraction of sp³-hybridized carbons (Fsp3) is 0.0227. The van der Waals surface area contributed by atoms with Gasteiger partial charge in [-0.3, -0.25) is 4.79 Å². The van der Waals surface area contributed by atoms with E-state index in [-0.39, 0.29) is 26.7 Å². The minimum Gasteiger partial charge on any atom is -0.457 e. The van der Waals surface area contributed by atoms with Crippen LogP contribution in [0.25, 0.3) is 11.1 Å². The fourth-order valence-corrected chi connectivity index (χ4v) is 9.89. The molecule has 7 aromatic carbocycles. The molecular formula is C44H27NO4S. The number of carbonyl (C=O) groups excluding carboxylic acids is 1. The number of sulfone groups is 1. The Hall–Kier alpha value is -6.24. The molecule has 10 rings (SSSR count). The molecule has 0 unspecified atom stereocenters. The highest BCUT2D eigenvalue weighted by atomic mass is 32.2. The molecule has 0 N–H and O–H groups in total. The lowest BCUT2D eigenvalue weighted by atomic mass is 9.61. The van der Waals surface area contributed by atoms with Gasteiger partial charge in [0.1, 0.15) is 11.5 Å². The van der Waals surface area contributed by atoms with Crippen LogP contribution < -0.4 is 9.64 Å². The summed E-state index contributed by atoms with van der Waals surface area (Å²) in [6, 6.07) is 53.3. The number of anilines is 3. The second kappa shape index (κ2) is 10.4. The predicted octanol–water partition coefficient (Wildman–Crippen LogP) is 10.0. The van der Waals surface area contributed by atoms with Crippen LogP contribution in [0.2, 0.25) is 0 Å². The number of rotatable bonds is 2. The van der Waals surface area contributed by atoms with Crippen molar-refractivity contribution in [3.8, 4) is 22.6 Å². The van der Waals surface area contributed by atoms with Gasteiger partial charge in [0.25, 0.3) is 0 Å². The fourth-order valence-electron chi connectivity index (χ4n) is 8.25. The summed E-state index contributed by atoms with van der Waals surface area (Å²) in [4.78, 5) is 16.2. The third kappa shape index (κ3) is 3.71. The molecule has 0 bridgehead atoms. The van der Waals surface area contributed by atoms with Crippen LogP contribution in [0.1, 0.15) is 38.2 Å². The maximum absolute atomic E-state index is 13.8. The summed E-state index contributed by atoms with van der Waals surface area (Å²) in [5.41, 5.74) is 8.63. The number of benzene rings is 7. The second-order valence-corrected chi connectivity index (χ2v) is 14.7. The number of nitrogens with zero attached hydrogens (tertiary/aromatic N) is 1. The quantitative estimate of drug-likeness (QED) is 0.184. The third-order valence-electron chi connectivity index (χ3n) is 10.3. The van der Waals surface area contributed by atoms with Gasteiger partial charge in [0.05, 0.1) is 32.3 Å². The maximum atomic E-state index is 13.8. The van der Waals surface area contributed by atoms with Gasteiger partial charge in [-0.15, -0.1) is 0 Å². The van der Waals surface area contributed by atoms with Gasteiger partial charge in [-0.1, -0.05) is 109 Å². The van der Waals surface area contributed by atoms with Crippen LogP contribution in [0.4, 0.5) is 17.1 Å². The zero-order valence-electron chi connectivity index (χ0n) is 26.6. The van der Waals surface area contributed by atoms with Crippen LogP contribution in [-0.2, 0) is 15.3 Å². The van der Waals surface area contributed by atoms with E-state index in [9.17, 15) is 13.2 Å². The first-order valence-electron chi connectivity index (χ1n) is 16.5.